The van der Waals surface area contributed by atoms with Crippen LogP contribution in [-0.2, 0) is 4.79 Å². The molecule has 5 rings (SSSR count). The lowest BCUT2D eigenvalue weighted by molar-refractivity contribution is -0.114. The van der Waals surface area contributed by atoms with E-state index in [-0.39, 0.29) is 17.3 Å². The van der Waals surface area contributed by atoms with Gasteiger partial charge in [0.2, 0.25) is 5.17 Å². The van der Waals surface area contributed by atoms with E-state index in [2.05, 4.69) is 45.5 Å². The third-order valence-electron chi connectivity index (χ3n) is 5.95. The number of hydrazone groups is 1. The number of amides is 1. The Morgan fingerprint density at radius 1 is 1.10 bits per heavy atom. The number of hydrogen-bond donors (Lipinski definition) is 1. The van der Waals surface area contributed by atoms with E-state index in [0.29, 0.717) is 5.17 Å². The van der Waals surface area contributed by atoms with Crippen molar-refractivity contribution < 1.29 is 4.79 Å². The molecule has 0 aliphatic carbocycles. The molecule has 1 N–H and O–H groups in total. The van der Waals surface area contributed by atoms with Crippen molar-refractivity contribution >= 4 is 39.9 Å². The number of aryl methyl sites for hydroxylation is 2. The second kappa shape index (κ2) is 7.53. The lowest BCUT2D eigenvalue weighted by atomic mass is 10.1. The first-order valence-electron chi connectivity index (χ1n) is 10.4. The fourth-order valence-electron chi connectivity index (χ4n) is 4.29. The number of carbonyl (C=O) groups excluding carboxylic acids is 1. The summed E-state index contributed by atoms with van der Waals surface area (Å²) in [6, 6.07) is 10.3. The molecule has 158 valence electrons. The predicted octanol–water partition coefficient (Wildman–Crippen LogP) is 4.08. The summed E-state index contributed by atoms with van der Waals surface area (Å²) in [6.07, 6.45) is 4.06. The lowest BCUT2D eigenvalue weighted by Crippen LogP contribution is -2.35. The second-order valence-corrected chi connectivity index (χ2v) is 8.98. The molecule has 1 amide bonds. The first-order chi connectivity index (χ1) is 14.9. The van der Waals surface area contributed by atoms with Crippen LogP contribution < -0.4 is 0 Å². The van der Waals surface area contributed by atoms with Gasteiger partial charge in [0.1, 0.15) is 0 Å². The number of aromatic nitrogens is 1. The van der Waals surface area contributed by atoms with Crippen LogP contribution in [0.5, 0.6) is 0 Å². The van der Waals surface area contributed by atoms with E-state index < -0.39 is 0 Å². The summed E-state index contributed by atoms with van der Waals surface area (Å²) in [7, 11) is 0. The highest BCUT2D eigenvalue weighted by Crippen LogP contribution is 2.32. The molecule has 8 heteroatoms. The van der Waals surface area contributed by atoms with Crippen molar-refractivity contribution in [1.29, 1.82) is 5.41 Å². The maximum atomic E-state index is 12.8. The minimum atomic E-state index is -0.387. The van der Waals surface area contributed by atoms with E-state index >= 15 is 0 Å². The van der Waals surface area contributed by atoms with Crippen molar-refractivity contribution in [3.05, 3.63) is 58.4 Å². The van der Waals surface area contributed by atoms with Crippen LogP contribution in [0, 0.1) is 26.2 Å². The molecule has 4 heterocycles. The summed E-state index contributed by atoms with van der Waals surface area (Å²) in [4.78, 5) is 19.2. The molecule has 3 aliphatic rings. The molecule has 1 fully saturated rings. The van der Waals surface area contributed by atoms with E-state index in [1.54, 1.807) is 6.08 Å². The van der Waals surface area contributed by atoms with E-state index in [1.807, 2.05) is 25.1 Å². The highest BCUT2D eigenvalue weighted by atomic mass is 32.2. The molecule has 1 saturated heterocycles. The Kier molecular flexibility index (Phi) is 4.81. The smallest absolute Gasteiger partial charge is 0.283 e. The number of thioether (sulfide) groups is 1. The number of amidine groups is 3. The van der Waals surface area contributed by atoms with Gasteiger partial charge in [0.15, 0.2) is 11.0 Å². The number of likely N-dealkylation sites (tertiary alicyclic amines) is 1. The maximum absolute atomic E-state index is 12.8. The second-order valence-electron chi connectivity index (χ2n) is 8.05. The number of para-hydroxylation sites is 1. The quantitative estimate of drug-likeness (QED) is 0.726. The van der Waals surface area contributed by atoms with E-state index in [0.717, 1.165) is 53.7 Å². The normalized spacial score (nSPS) is 19.9. The zero-order valence-corrected chi connectivity index (χ0v) is 18.7. The zero-order chi connectivity index (χ0) is 21.7. The Morgan fingerprint density at radius 2 is 1.84 bits per heavy atom. The number of fused-ring (bicyclic) bond motifs is 1. The Balaban J connectivity index is 1.51. The van der Waals surface area contributed by atoms with Gasteiger partial charge in [0.05, 0.1) is 5.57 Å². The van der Waals surface area contributed by atoms with Gasteiger partial charge in [-0.25, -0.2) is 0 Å². The van der Waals surface area contributed by atoms with Crippen LogP contribution in [0.15, 0.2) is 46.0 Å². The van der Waals surface area contributed by atoms with Crippen LogP contribution in [0.3, 0.4) is 0 Å². The Hall–Kier alpha value is -3.13. The number of aliphatic imine (C=N–C) groups is 1. The van der Waals surface area contributed by atoms with Gasteiger partial charge < -0.3 is 9.47 Å². The summed E-state index contributed by atoms with van der Waals surface area (Å²) in [5, 5.41) is 16.0. The molecule has 1 aromatic heterocycles. The molecule has 2 aromatic rings. The van der Waals surface area contributed by atoms with Crippen LogP contribution in [-0.4, -0.2) is 49.6 Å². The topological polar surface area (TPSA) is 77.1 Å². The van der Waals surface area contributed by atoms with Gasteiger partial charge >= 0.3 is 0 Å². The fraction of sp³-hybridized carbons (Fsp3) is 0.304. The predicted molar refractivity (Wildman–Crippen MR) is 126 cm³/mol. The molecule has 31 heavy (non-hydrogen) atoms. The molecule has 0 atom stereocenters. The third kappa shape index (κ3) is 3.31. The monoisotopic (exact) mass is 432 g/mol. The summed E-state index contributed by atoms with van der Waals surface area (Å²) in [5.74, 6) is -0.306. The van der Waals surface area contributed by atoms with Crippen molar-refractivity contribution in [2.24, 2.45) is 10.1 Å². The average molecular weight is 433 g/mol. The molecule has 0 bridgehead atoms. The van der Waals surface area contributed by atoms with Gasteiger partial charge in [0, 0.05) is 30.2 Å². The SMILES string of the molecule is Cc1ccccc1-n1c(C)cc(/C=C2/C(=N)N3N=C(N4CCCC4)SC3=NC2=O)c1C. The largest absolute Gasteiger partial charge is 0.349 e. The van der Waals surface area contributed by atoms with Crippen molar-refractivity contribution in [3.63, 3.8) is 0 Å². The van der Waals surface area contributed by atoms with Crippen molar-refractivity contribution in [2.45, 2.75) is 33.6 Å². The number of nitrogens with zero attached hydrogens (tertiary/aromatic N) is 5. The van der Waals surface area contributed by atoms with E-state index in [4.69, 9.17) is 5.41 Å². The van der Waals surface area contributed by atoms with E-state index in [9.17, 15) is 4.79 Å². The number of rotatable bonds is 2. The summed E-state index contributed by atoms with van der Waals surface area (Å²) >= 11 is 1.38. The zero-order valence-electron chi connectivity index (χ0n) is 17.8. The molecule has 0 unspecified atom stereocenters. The highest BCUT2D eigenvalue weighted by molar-refractivity contribution is 8.26. The minimum Gasteiger partial charge on any atom is -0.349 e. The Morgan fingerprint density at radius 3 is 2.58 bits per heavy atom. The first-order valence-corrected chi connectivity index (χ1v) is 11.3. The molecule has 3 aliphatic heterocycles. The van der Waals surface area contributed by atoms with E-state index in [1.165, 1.54) is 22.3 Å². The van der Waals surface area contributed by atoms with Crippen molar-refractivity contribution in [1.82, 2.24) is 14.5 Å². The van der Waals surface area contributed by atoms with Gasteiger partial charge in [-0.15, -0.1) is 5.10 Å². The van der Waals surface area contributed by atoms with Crippen LogP contribution in [0.2, 0.25) is 0 Å². The highest BCUT2D eigenvalue weighted by Gasteiger charge is 2.37. The van der Waals surface area contributed by atoms with Crippen LogP contribution in [0.25, 0.3) is 11.8 Å². The molecular weight excluding hydrogens is 408 g/mol. The van der Waals surface area contributed by atoms with Gasteiger partial charge in [-0.2, -0.15) is 10.0 Å². The van der Waals surface area contributed by atoms with Crippen molar-refractivity contribution in [2.75, 3.05) is 13.1 Å². The van der Waals surface area contributed by atoms with Gasteiger partial charge in [0.25, 0.3) is 5.91 Å². The summed E-state index contributed by atoms with van der Waals surface area (Å²) < 4.78 is 2.18. The molecule has 0 radical (unpaired) electrons. The average Bonchev–Trinajstić information content (AvgIpc) is 3.46. The minimum absolute atomic E-state index is 0.0809. The van der Waals surface area contributed by atoms with Gasteiger partial charge in [-0.3, -0.25) is 10.2 Å². The van der Waals surface area contributed by atoms with Gasteiger partial charge in [-0.05, 0) is 74.7 Å². The first kappa shape index (κ1) is 19.8. The molecule has 0 spiro atoms. The number of benzene rings is 1. The molecule has 1 aromatic carbocycles. The Bertz CT molecular complexity index is 1200. The summed E-state index contributed by atoms with van der Waals surface area (Å²) in [6.45, 7) is 8.09. The van der Waals surface area contributed by atoms with Gasteiger partial charge in [-0.1, -0.05) is 18.2 Å². The van der Waals surface area contributed by atoms with Crippen LogP contribution in [0.4, 0.5) is 0 Å². The fourth-order valence-corrected chi connectivity index (χ4v) is 5.24. The Labute approximate surface area is 185 Å². The molecule has 7 nitrogen and oxygen atoms in total. The number of nitrogens with one attached hydrogen (secondary N) is 1. The standard InChI is InChI=1S/C23H24N6OS/c1-14-8-4-5-9-19(14)28-15(2)12-17(16(28)3)13-18-20(24)29-22(25-21(18)30)31-23(26-29)27-10-6-7-11-27/h4-5,8-9,12-13,24H,6-7,10-11H2,1-3H3/b18-13-,24-20?. The van der Waals surface area contributed by atoms with Crippen LogP contribution >= 0.6 is 11.8 Å². The summed E-state index contributed by atoms with van der Waals surface area (Å²) in [5.41, 5.74) is 5.56. The number of carbonyl (C=O) groups is 1. The molecular formula is C23H24N6OS. The maximum Gasteiger partial charge on any atom is 0.283 e. The number of hydrogen-bond acceptors (Lipinski definition) is 5. The van der Waals surface area contributed by atoms with Crippen LogP contribution in [0.1, 0.15) is 35.4 Å². The van der Waals surface area contributed by atoms with Crippen molar-refractivity contribution in [3.8, 4) is 5.69 Å². The lowest BCUT2D eigenvalue weighted by Gasteiger charge is -2.20. The molecule has 0 saturated carbocycles. The third-order valence-corrected chi connectivity index (χ3v) is 6.92.